The zero-order valence-electron chi connectivity index (χ0n) is 21.4. The molecule has 0 bridgehead atoms. The molecule has 0 spiro atoms. The van der Waals surface area contributed by atoms with E-state index in [1.54, 1.807) is 6.20 Å². The van der Waals surface area contributed by atoms with Gasteiger partial charge in [0.15, 0.2) is 5.82 Å². The Morgan fingerprint density at radius 2 is 1.80 bits per heavy atom. The Balaban J connectivity index is 1.46. The van der Waals surface area contributed by atoms with Crippen molar-refractivity contribution in [2.45, 2.75) is 59.7 Å². The third-order valence-corrected chi connectivity index (χ3v) is 6.66. The number of hydrogen-bond acceptors (Lipinski definition) is 7. The predicted molar refractivity (Wildman–Crippen MR) is 132 cm³/mol. The van der Waals surface area contributed by atoms with Crippen LogP contribution in [-0.2, 0) is 6.54 Å². The van der Waals surface area contributed by atoms with E-state index in [2.05, 4.69) is 59.2 Å². The molecule has 0 aromatic carbocycles. The molecule has 2 aliphatic heterocycles. The van der Waals surface area contributed by atoms with Crippen molar-refractivity contribution in [1.82, 2.24) is 39.1 Å². The Bertz CT molecular complexity index is 1240. The number of aryl methyl sites for hydroxylation is 1. The fraction of sp³-hybridized carbons (Fsp3) is 0.560. The average Bonchev–Trinajstić information content (AvgIpc) is 3.38. The van der Waals surface area contributed by atoms with Crippen LogP contribution in [0, 0.1) is 6.92 Å². The highest BCUT2D eigenvalue weighted by Gasteiger charge is 2.30. The Morgan fingerprint density at radius 1 is 1.06 bits per heavy atom. The van der Waals surface area contributed by atoms with Crippen LogP contribution in [-0.4, -0.2) is 83.3 Å². The lowest BCUT2D eigenvalue weighted by Crippen LogP contribution is -2.54. The molecule has 3 aromatic rings. The summed E-state index contributed by atoms with van der Waals surface area (Å²) in [5, 5.41) is 4.53. The molecule has 1 amide bonds. The minimum Gasteiger partial charge on any atom is -0.489 e. The number of piperazine rings is 1. The summed E-state index contributed by atoms with van der Waals surface area (Å²) in [6, 6.07) is 1.98. The van der Waals surface area contributed by atoms with Crippen molar-refractivity contribution in [2.75, 3.05) is 32.8 Å². The highest BCUT2D eigenvalue weighted by Crippen LogP contribution is 2.34. The standard InChI is InChI=1S/C25H34N8O2/c1-16(2)33-23(27-17(3)29-33)20-15-31-11-12-35-21-14-26-19(13-18(21)22(31)28-20)24(34)30-7-9-32(10-8-30)25(4,5)6/h13-16H,7-12H2,1-6H3. The van der Waals surface area contributed by atoms with Crippen LogP contribution in [0.4, 0.5) is 0 Å². The maximum absolute atomic E-state index is 13.3. The van der Waals surface area contributed by atoms with Gasteiger partial charge in [-0.1, -0.05) is 0 Å². The van der Waals surface area contributed by atoms with Gasteiger partial charge in [-0.3, -0.25) is 9.69 Å². The molecule has 1 saturated heterocycles. The molecule has 5 heterocycles. The summed E-state index contributed by atoms with van der Waals surface area (Å²) in [6.07, 6.45) is 3.64. The molecular weight excluding hydrogens is 444 g/mol. The van der Waals surface area contributed by atoms with E-state index in [1.165, 1.54) is 0 Å². The average molecular weight is 479 g/mol. The number of pyridine rings is 1. The van der Waals surface area contributed by atoms with Crippen molar-refractivity contribution < 1.29 is 9.53 Å². The topological polar surface area (TPSA) is 94.2 Å². The predicted octanol–water partition coefficient (Wildman–Crippen LogP) is 3.04. The van der Waals surface area contributed by atoms with E-state index in [-0.39, 0.29) is 17.5 Å². The van der Waals surface area contributed by atoms with Gasteiger partial charge in [0.2, 0.25) is 0 Å². The summed E-state index contributed by atoms with van der Waals surface area (Å²) in [4.78, 5) is 31.7. The molecule has 2 aliphatic rings. The molecule has 0 unspecified atom stereocenters. The second-order valence-electron chi connectivity index (χ2n) is 10.5. The molecule has 1 fully saturated rings. The number of amides is 1. The number of rotatable bonds is 3. The monoisotopic (exact) mass is 478 g/mol. The molecule has 10 nitrogen and oxygen atoms in total. The van der Waals surface area contributed by atoms with Crippen molar-refractivity contribution in [3.63, 3.8) is 0 Å². The molecule has 0 N–H and O–H groups in total. The quantitative estimate of drug-likeness (QED) is 0.571. The van der Waals surface area contributed by atoms with E-state index in [4.69, 9.17) is 9.72 Å². The summed E-state index contributed by atoms with van der Waals surface area (Å²) >= 11 is 0. The van der Waals surface area contributed by atoms with Gasteiger partial charge in [-0.25, -0.2) is 19.6 Å². The molecule has 35 heavy (non-hydrogen) atoms. The van der Waals surface area contributed by atoms with Crippen LogP contribution < -0.4 is 4.74 Å². The molecule has 10 heteroatoms. The number of nitrogens with zero attached hydrogens (tertiary/aromatic N) is 8. The van der Waals surface area contributed by atoms with Gasteiger partial charge in [0.05, 0.1) is 18.3 Å². The van der Waals surface area contributed by atoms with Crippen LogP contribution in [0.5, 0.6) is 5.75 Å². The molecule has 0 saturated carbocycles. The van der Waals surface area contributed by atoms with Gasteiger partial charge in [-0.15, -0.1) is 0 Å². The maximum Gasteiger partial charge on any atom is 0.272 e. The SMILES string of the molecule is Cc1nc(-c2cn3c(n2)-c2cc(C(=O)N4CCN(C(C)(C)C)CC4)ncc2OCC3)n(C(C)C)n1. The van der Waals surface area contributed by atoms with Crippen molar-refractivity contribution in [2.24, 2.45) is 0 Å². The lowest BCUT2D eigenvalue weighted by Gasteiger charge is -2.42. The van der Waals surface area contributed by atoms with Crippen LogP contribution in [0.1, 0.15) is 57.0 Å². The number of hydrogen-bond donors (Lipinski definition) is 0. The molecule has 0 atom stereocenters. The van der Waals surface area contributed by atoms with Gasteiger partial charge in [0.25, 0.3) is 5.91 Å². The van der Waals surface area contributed by atoms with Crippen LogP contribution in [0.25, 0.3) is 22.9 Å². The molecule has 5 rings (SSSR count). The van der Waals surface area contributed by atoms with E-state index in [9.17, 15) is 4.79 Å². The molecule has 0 radical (unpaired) electrons. The van der Waals surface area contributed by atoms with Gasteiger partial charge >= 0.3 is 0 Å². The van der Waals surface area contributed by atoms with Gasteiger partial charge in [0, 0.05) is 44.0 Å². The molecular formula is C25H34N8O2. The van der Waals surface area contributed by atoms with Crippen molar-refractivity contribution in [3.8, 4) is 28.7 Å². The van der Waals surface area contributed by atoms with Crippen LogP contribution >= 0.6 is 0 Å². The Kier molecular flexibility index (Phi) is 5.86. The number of carbonyl (C=O) groups excluding carboxylic acids is 1. The van der Waals surface area contributed by atoms with E-state index >= 15 is 0 Å². The Morgan fingerprint density at radius 3 is 2.49 bits per heavy atom. The van der Waals surface area contributed by atoms with Crippen molar-refractivity contribution in [1.29, 1.82) is 0 Å². The van der Waals surface area contributed by atoms with E-state index in [1.807, 2.05) is 28.8 Å². The first-order valence-corrected chi connectivity index (χ1v) is 12.3. The fourth-order valence-electron chi connectivity index (χ4n) is 4.72. The highest BCUT2D eigenvalue weighted by atomic mass is 16.5. The van der Waals surface area contributed by atoms with Crippen LogP contribution in [0.15, 0.2) is 18.5 Å². The zero-order valence-corrected chi connectivity index (χ0v) is 21.4. The van der Waals surface area contributed by atoms with Gasteiger partial charge in [-0.2, -0.15) is 5.10 Å². The normalized spacial score (nSPS) is 16.6. The first-order chi connectivity index (χ1) is 16.6. The van der Waals surface area contributed by atoms with Crippen molar-refractivity contribution in [3.05, 3.63) is 30.0 Å². The number of ether oxygens (including phenoxy) is 1. The lowest BCUT2D eigenvalue weighted by atomic mass is 10.0. The largest absolute Gasteiger partial charge is 0.489 e. The van der Waals surface area contributed by atoms with Crippen molar-refractivity contribution >= 4 is 5.91 Å². The van der Waals surface area contributed by atoms with Gasteiger partial charge in [0.1, 0.15) is 35.4 Å². The van der Waals surface area contributed by atoms with Crippen LogP contribution in [0.2, 0.25) is 0 Å². The number of fused-ring (bicyclic) bond motifs is 3. The molecule has 0 aliphatic carbocycles. The van der Waals surface area contributed by atoms with Gasteiger partial charge in [-0.05, 0) is 47.6 Å². The van der Waals surface area contributed by atoms with E-state index < -0.39 is 0 Å². The minimum atomic E-state index is -0.0564. The summed E-state index contributed by atoms with van der Waals surface area (Å²) in [5.41, 5.74) is 2.04. The summed E-state index contributed by atoms with van der Waals surface area (Å²) in [6.45, 7) is 16.9. The lowest BCUT2D eigenvalue weighted by molar-refractivity contribution is 0.0447. The number of imidazole rings is 1. The van der Waals surface area contributed by atoms with Crippen LogP contribution in [0.3, 0.4) is 0 Å². The summed E-state index contributed by atoms with van der Waals surface area (Å²) < 4.78 is 9.90. The minimum absolute atomic E-state index is 0.0564. The molecule has 3 aromatic heterocycles. The fourth-order valence-corrected chi connectivity index (χ4v) is 4.72. The first kappa shape index (κ1) is 23.5. The summed E-state index contributed by atoms with van der Waals surface area (Å²) in [7, 11) is 0. The smallest absolute Gasteiger partial charge is 0.272 e. The number of aromatic nitrogens is 6. The van der Waals surface area contributed by atoms with E-state index in [0.29, 0.717) is 43.5 Å². The first-order valence-electron chi connectivity index (χ1n) is 12.3. The van der Waals surface area contributed by atoms with Gasteiger partial charge < -0.3 is 14.2 Å². The summed E-state index contributed by atoms with van der Waals surface area (Å²) in [5.74, 6) is 2.78. The zero-order chi connectivity index (χ0) is 24.9. The highest BCUT2D eigenvalue weighted by molar-refractivity contribution is 5.94. The number of carbonyl (C=O) groups is 1. The second kappa shape index (κ2) is 8.75. The third kappa shape index (κ3) is 4.42. The maximum atomic E-state index is 13.3. The molecule has 186 valence electrons. The Hall–Kier alpha value is -3.27. The third-order valence-electron chi connectivity index (χ3n) is 6.66. The van der Waals surface area contributed by atoms with E-state index in [0.717, 1.165) is 36.0 Å². The Labute approximate surface area is 205 Å². The second-order valence-corrected chi connectivity index (χ2v) is 10.5.